The summed E-state index contributed by atoms with van der Waals surface area (Å²) in [7, 11) is 0. The van der Waals surface area contributed by atoms with Gasteiger partial charge in [-0.3, -0.25) is 4.79 Å². The number of carboxylic acids is 1. The molecule has 1 unspecified atom stereocenters. The standard InChI is InChI=1S/C13H27NO2S/c1-6-13(11(15)16,14-7-2)9-8-10-17-12(3,4)5/h14H,6-10H2,1-5H3,(H,15,16). The minimum Gasteiger partial charge on any atom is -0.480 e. The van der Waals surface area contributed by atoms with Gasteiger partial charge in [0.25, 0.3) is 0 Å². The summed E-state index contributed by atoms with van der Waals surface area (Å²) in [6, 6.07) is 0. The lowest BCUT2D eigenvalue weighted by Crippen LogP contribution is -2.51. The second kappa shape index (κ2) is 7.27. The first-order valence-corrected chi connectivity index (χ1v) is 7.38. The van der Waals surface area contributed by atoms with Crippen LogP contribution >= 0.6 is 11.8 Å². The van der Waals surface area contributed by atoms with Crippen molar-refractivity contribution in [1.29, 1.82) is 0 Å². The first kappa shape index (κ1) is 16.8. The van der Waals surface area contributed by atoms with Crippen LogP contribution in [0.5, 0.6) is 0 Å². The van der Waals surface area contributed by atoms with Crippen LogP contribution in [-0.4, -0.2) is 33.7 Å². The molecule has 1 atom stereocenters. The van der Waals surface area contributed by atoms with Gasteiger partial charge in [0.05, 0.1) is 0 Å². The molecule has 17 heavy (non-hydrogen) atoms. The highest BCUT2D eigenvalue weighted by Gasteiger charge is 2.34. The minimum atomic E-state index is -0.729. The van der Waals surface area contributed by atoms with E-state index in [9.17, 15) is 9.90 Å². The average Bonchev–Trinajstić information content (AvgIpc) is 2.21. The van der Waals surface area contributed by atoms with Crippen LogP contribution in [0.2, 0.25) is 0 Å². The fourth-order valence-electron chi connectivity index (χ4n) is 1.81. The molecule has 0 aliphatic rings. The summed E-state index contributed by atoms with van der Waals surface area (Å²) in [5, 5.41) is 12.5. The highest BCUT2D eigenvalue weighted by Crippen LogP contribution is 2.26. The number of nitrogens with one attached hydrogen (secondary N) is 1. The molecule has 0 saturated heterocycles. The molecule has 0 heterocycles. The Morgan fingerprint density at radius 1 is 1.29 bits per heavy atom. The van der Waals surface area contributed by atoms with Crippen LogP contribution in [0, 0.1) is 0 Å². The van der Waals surface area contributed by atoms with E-state index in [0.717, 1.165) is 12.2 Å². The Labute approximate surface area is 110 Å². The maximum absolute atomic E-state index is 11.4. The second-order valence-electron chi connectivity index (χ2n) is 5.34. The Morgan fingerprint density at radius 2 is 1.88 bits per heavy atom. The van der Waals surface area contributed by atoms with Gasteiger partial charge in [-0.2, -0.15) is 11.8 Å². The molecule has 0 aromatic heterocycles. The molecule has 2 N–H and O–H groups in total. The Kier molecular flexibility index (Phi) is 7.17. The predicted molar refractivity (Wildman–Crippen MR) is 75.8 cm³/mol. The molecular weight excluding hydrogens is 234 g/mol. The van der Waals surface area contributed by atoms with Crippen molar-refractivity contribution in [2.75, 3.05) is 12.3 Å². The van der Waals surface area contributed by atoms with Gasteiger partial charge >= 0.3 is 5.97 Å². The number of aliphatic carboxylic acids is 1. The van der Waals surface area contributed by atoms with Crippen molar-refractivity contribution in [1.82, 2.24) is 5.32 Å². The van der Waals surface area contributed by atoms with Gasteiger partial charge in [-0.25, -0.2) is 0 Å². The van der Waals surface area contributed by atoms with E-state index in [4.69, 9.17) is 0 Å². The molecule has 0 aromatic carbocycles. The Bertz CT molecular complexity index is 238. The molecule has 0 saturated carbocycles. The third kappa shape index (κ3) is 6.32. The molecule has 0 spiro atoms. The van der Waals surface area contributed by atoms with Gasteiger partial charge in [0.2, 0.25) is 0 Å². The first-order valence-electron chi connectivity index (χ1n) is 6.40. The fraction of sp³-hybridized carbons (Fsp3) is 0.923. The van der Waals surface area contributed by atoms with E-state index >= 15 is 0 Å². The number of hydrogen-bond donors (Lipinski definition) is 2. The normalized spacial score (nSPS) is 15.6. The molecular formula is C13H27NO2S. The van der Waals surface area contributed by atoms with Crippen LogP contribution in [0.25, 0.3) is 0 Å². The number of carboxylic acid groups (broad SMARTS) is 1. The third-order valence-corrected chi connectivity index (χ3v) is 4.17. The van der Waals surface area contributed by atoms with Gasteiger partial charge in [-0.1, -0.05) is 34.6 Å². The predicted octanol–water partition coefficient (Wildman–Crippen LogP) is 3.14. The largest absolute Gasteiger partial charge is 0.480 e. The maximum atomic E-state index is 11.4. The van der Waals surface area contributed by atoms with Crippen molar-refractivity contribution in [2.24, 2.45) is 0 Å². The molecule has 0 aliphatic carbocycles. The van der Waals surface area contributed by atoms with Crippen molar-refractivity contribution < 1.29 is 9.90 Å². The van der Waals surface area contributed by atoms with E-state index in [1.165, 1.54) is 0 Å². The molecule has 0 bridgehead atoms. The minimum absolute atomic E-state index is 0.260. The summed E-state index contributed by atoms with van der Waals surface area (Å²) < 4.78 is 0.260. The first-order chi connectivity index (χ1) is 7.77. The molecule has 0 rings (SSSR count). The molecule has 0 aromatic rings. The zero-order chi connectivity index (χ0) is 13.5. The highest BCUT2D eigenvalue weighted by atomic mass is 32.2. The van der Waals surface area contributed by atoms with Crippen LogP contribution in [0.4, 0.5) is 0 Å². The molecule has 0 radical (unpaired) electrons. The number of thioether (sulfide) groups is 1. The van der Waals surface area contributed by atoms with E-state index < -0.39 is 11.5 Å². The van der Waals surface area contributed by atoms with Crippen LogP contribution in [0.15, 0.2) is 0 Å². The van der Waals surface area contributed by atoms with Crippen LogP contribution in [0.1, 0.15) is 53.9 Å². The lowest BCUT2D eigenvalue weighted by atomic mass is 9.91. The Morgan fingerprint density at radius 3 is 2.24 bits per heavy atom. The van der Waals surface area contributed by atoms with Gasteiger partial charge in [0.15, 0.2) is 0 Å². The Balaban J connectivity index is 4.22. The van der Waals surface area contributed by atoms with E-state index in [1.54, 1.807) is 0 Å². The smallest absolute Gasteiger partial charge is 0.323 e. The van der Waals surface area contributed by atoms with Crippen LogP contribution < -0.4 is 5.32 Å². The van der Waals surface area contributed by atoms with Gasteiger partial charge in [-0.15, -0.1) is 0 Å². The van der Waals surface area contributed by atoms with Crippen LogP contribution in [-0.2, 0) is 4.79 Å². The summed E-state index contributed by atoms with van der Waals surface area (Å²) >= 11 is 1.89. The van der Waals surface area contributed by atoms with Crippen LogP contribution in [0.3, 0.4) is 0 Å². The van der Waals surface area contributed by atoms with E-state index in [-0.39, 0.29) is 4.75 Å². The third-order valence-electron chi connectivity index (χ3n) is 2.81. The average molecular weight is 261 g/mol. The molecule has 0 fully saturated rings. The monoisotopic (exact) mass is 261 g/mol. The van der Waals surface area contributed by atoms with Gasteiger partial charge in [-0.05, 0) is 31.6 Å². The number of rotatable bonds is 8. The molecule has 3 nitrogen and oxygen atoms in total. The van der Waals surface area contributed by atoms with E-state index in [0.29, 0.717) is 19.4 Å². The van der Waals surface area contributed by atoms with Gasteiger partial charge < -0.3 is 10.4 Å². The van der Waals surface area contributed by atoms with E-state index in [2.05, 4.69) is 26.1 Å². The summed E-state index contributed by atoms with van der Waals surface area (Å²) in [5.41, 5.74) is -0.729. The number of hydrogen-bond acceptors (Lipinski definition) is 3. The van der Waals surface area contributed by atoms with Gasteiger partial charge in [0, 0.05) is 4.75 Å². The topological polar surface area (TPSA) is 49.3 Å². The molecule has 4 heteroatoms. The molecule has 0 amide bonds. The van der Waals surface area contributed by atoms with Crippen molar-refractivity contribution in [3.05, 3.63) is 0 Å². The number of carbonyl (C=O) groups is 1. The maximum Gasteiger partial charge on any atom is 0.323 e. The number of likely N-dealkylation sites (N-methyl/N-ethyl adjacent to an activating group) is 1. The summed E-state index contributed by atoms with van der Waals surface area (Å²) in [5.74, 6) is 0.298. The fourth-order valence-corrected chi connectivity index (χ4v) is 2.72. The van der Waals surface area contributed by atoms with Crippen molar-refractivity contribution >= 4 is 17.7 Å². The Hall–Kier alpha value is -0.220. The zero-order valence-corrected chi connectivity index (χ0v) is 12.6. The summed E-state index contributed by atoms with van der Waals surface area (Å²) in [6.07, 6.45) is 2.28. The molecule has 102 valence electrons. The SMILES string of the molecule is CCNC(CC)(CCCSC(C)(C)C)C(=O)O. The summed E-state index contributed by atoms with van der Waals surface area (Å²) in [6.45, 7) is 11.2. The summed E-state index contributed by atoms with van der Waals surface area (Å²) in [4.78, 5) is 11.4. The second-order valence-corrected chi connectivity index (χ2v) is 7.26. The van der Waals surface area contributed by atoms with E-state index in [1.807, 2.05) is 25.6 Å². The van der Waals surface area contributed by atoms with Crippen molar-refractivity contribution in [3.8, 4) is 0 Å². The van der Waals surface area contributed by atoms with Gasteiger partial charge in [0.1, 0.15) is 5.54 Å². The quantitative estimate of drug-likeness (QED) is 0.659. The van der Waals surface area contributed by atoms with Crippen molar-refractivity contribution in [2.45, 2.75) is 64.2 Å². The highest BCUT2D eigenvalue weighted by molar-refractivity contribution is 8.00. The molecule has 0 aliphatic heterocycles. The van der Waals surface area contributed by atoms with Crippen molar-refractivity contribution in [3.63, 3.8) is 0 Å². The zero-order valence-electron chi connectivity index (χ0n) is 11.8. The lowest BCUT2D eigenvalue weighted by Gasteiger charge is -2.29. The lowest BCUT2D eigenvalue weighted by molar-refractivity contribution is -0.145.